The van der Waals surface area contributed by atoms with Gasteiger partial charge in [0.25, 0.3) is 0 Å². The fraction of sp³-hybridized carbons (Fsp3) is 0.450. The molecule has 0 bridgehead atoms. The molecule has 1 fully saturated rings. The number of sulfonamides is 1. The molecule has 0 radical (unpaired) electrons. The minimum Gasteiger partial charge on any atom is -0.369 e. The van der Waals surface area contributed by atoms with Crippen molar-refractivity contribution in [1.29, 1.82) is 0 Å². The third-order valence-electron chi connectivity index (χ3n) is 5.42. The molecule has 1 aliphatic heterocycles. The number of amides is 1. The summed E-state index contributed by atoms with van der Waals surface area (Å²) < 4.78 is 41.5. The Bertz CT molecular complexity index is 1000. The van der Waals surface area contributed by atoms with E-state index in [1.165, 1.54) is 4.31 Å². The number of hydrogen-bond donors (Lipinski definition) is 1. The van der Waals surface area contributed by atoms with E-state index in [9.17, 15) is 22.8 Å². The van der Waals surface area contributed by atoms with Crippen LogP contribution in [0.1, 0.15) is 25.1 Å². The van der Waals surface area contributed by atoms with Crippen molar-refractivity contribution >= 4 is 38.1 Å². The van der Waals surface area contributed by atoms with Crippen LogP contribution in [0.2, 0.25) is 0 Å². The zero-order valence-corrected chi connectivity index (χ0v) is 19.9. The molecule has 1 aromatic carbocycles. The van der Waals surface area contributed by atoms with Gasteiger partial charge < -0.3 is 4.90 Å². The van der Waals surface area contributed by atoms with Crippen LogP contribution >= 0.6 is 15.9 Å². The van der Waals surface area contributed by atoms with Crippen LogP contribution in [0.15, 0.2) is 41.1 Å². The number of carbonyl (C=O) groups excluding carboxylic acids is 1. The Labute approximate surface area is 195 Å². The highest BCUT2D eigenvalue weighted by Gasteiger charge is 2.33. The molecule has 2 heterocycles. The van der Waals surface area contributed by atoms with Gasteiger partial charge in [-0.3, -0.25) is 10.0 Å². The van der Waals surface area contributed by atoms with E-state index >= 15 is 0 Å². The fourth-order valence-corrected chi connectivity index (χ4v) is 5.62. The molecule has 1 N–H and O–H groups in total. The highest BCUT2D eigenvalue weighted by atomic mass is 79.9. The number of anilines is 1. The number of benzene rings is 1. The summed E-state index contributed by atoms with van der Waals surface area (Å²) in [6.45, 7) is 3.38. The number of nitrogens with zero attached hydrogens (tertiary/aromatic N) is 5. The number of hydroxylamine groups is 2. The van der Waals surface area contributed by atoms with Crippen molar-refractivity contribution in [3.63, 3.8) is 0 Å². The van der Waals surface area contributed by atoms with E-state index in [2.05, 4.69) is 30.8 Å². The van der Waals surface area contributed by atoms with E-state index in [1.807, 2.05) is 24.3 Å². The average molecular weight is 530 g/mol. The molecule has 0 aliphatic carbocycles. The van der Waals surface area contributed by atoms with Crippen molar-refractivity contribution in [3.8, 4) is 0 Å². The summed E-state index contributed by atoms with van der Waals surface area (Å²) in [4.78, 5) is 21.1. The molecule has 12 heteroatoms. The first-order valence-corrected chi connectivity index (χ1v) is 12.5. The van der Waals surface area contributed by atoms with Gasteiger partial charge in [0.15, 0.2) is 5.82 Å². The Hall–Kier alpha value is -2.15. The van der Waals surface area contributed by atoms with Gasteiger partial charge >= 0.3 is 0 Å². The molecule has 1 aromatic heterocycles. The highest BCUT2D eigenvalue weighted by Crippen LogP contribution is 2.23. The van der Waals surface area contributed by atoms with Crippen molar-refractivity contribution < 1.29 is 22.8 Å². The van der Waals surface area contributed by atoms with E-state index in [4.69, 9.17) is 0 Å². The molecule has 0 saturated carbocycles. The summed E-state index contributed by atoms with van der Waals surface area (Å²) in [6.07, 6.45) is 2.32. The van der Waals surface area contributed by atoms with Crippen LogP contribution in [0.5, 0.6) is 0 Å². The second kappa shape index (κ2) is 10.6. The predicted octanol–water partition coefficient (Wildman–Crippen LogP) is 2.24. The lowest BCUT2D eigenvalue weighted by Crippen LogP contribution is -2.51. The van der Waals surface area contributed by atoms with Crippen molar-refractivity contribution in [2.24, 2.45) is 0 Å². The molecule has 32 heavy (non-hydrogen) atoms. The number of aromatic nitrogens is 2. The Morgan fingerprint density at radius 3 is 2.34 bits per heavy atom. The first-order valence-electron chi connectivity index (χ1n) is 10.1. The Kier molecular flexibility index (Phi) is 8.15. The Balaban J connectivity index is 1.64. The summed E-state index contributed by atoms with van der Waals surface area (Å²) >= 11 is 3.40. The lowest BCUT2D eigenvalue weighted by atomic mass is 10.0. The molecular formula is C20H25BrFN5O4S. The van der Waals surface area contributed by atoms with Crippen molar-refractivity contribution in [1.82, 2.24) is 19.3 Å². The predicted molar refractivity (Wildman–Crippen MR) is 120 cm³/mol. The Morgan fingerprint density at radius 2 is 1.78 bits per heavy atom. The SMILES string of the molecule is CC(CC(CS(=O)(=O)N1CCN(c2ccc(Br)cc2)CC1)N(O)C=O)c1ncc(F)cn1. The monoisotopic (exact) mass is 529 g/mol. The fourth-order valence-electron chi connectivity index (χ4n) is 3.65. The van der Waals surface area contributed by atoms with Gasteiger partial charge in [-0.1, -0.05) is 22.9 Å². The zero-order valence-electron chi connectivity index (χ0n) is 17.5. The molecule has 0 spiro atoms. The average Bonchev–Trinajstić information content (AvgIpc) is 2.79. The number of rotatable bonds is 9. The van der Waals surface area contributed by atoms with Crippen LogP contribution in [-0.2, 0) is 14.8 Å². The minimum absolute atomic E-state index is 0.0962. The van der Waals surface area contributed by atoms with Gasteiger partial charge in [0.2, 0.25) is 16.4 Å². The van der Waals surface area contributed by atoms with Crippen LogP contribution < -0.4 is 4.90 Å². The molecule has 3 rings (SSSR count). The maximum atomic E-state index is 13.1. The second-order valence-corrected chi connectivity index (χ2v) is 10.6. The van der Waals surface area contributed by atoms with E-state index < -0.39 is 33.6 Å². The van der Waals surface area contributed by atoms with Crippen molar-refractivity contribution in [2.75, 3.05) is 36.8 Å². The number of carbonyl (C=O) groups is 1. The van der Waals surface area contributed by atoms with Crippen LogP contribution in [-0.4, -0.2) is 77.3 Å². The number of halogens is 2. The van der Waals surface area contributed by atoms with E-state index in [0.29, 0.717) is 37.1 Å². The molecule has 1 amide bonds. The van der Waals surface area contributed by atoms with Crippen LogP contribution in [0, 0.1) is 5.82 Å². The first-order chi connectivity index (χ1) is 15.2. The van der Waals surface area contributed by atoms with E-state index in [-0.39, 0.29) is 12.8 Å². The third kappa shape index (κ3) is 6.21. The summed E-state index contributed by atoms with van der Waals surface area (Å²) in [6, 6.07) is 6.81. The highest BCUT2D eigenvalue weighted by molar-refractivity contribution is 9.10. The van der Waals surface area contributed by atoms with Crippen LogP contribution in [0.25, 0.3) is 0 Å². The first kappa shape index (κ1) is 24.5. The second-order valence-electron chi connectivity index (χ2n) is 7.68. The smallest absolute Gasteiger partial charge is 0.233 e. The zero-order chi connectivity index (χ0) is 23.3. The molecule has 2 atom stereocenters. The van der Waals surface area contributed by atoms with E-state index in [0.717, 1.165) is 22.6 Å². The molecule has 2 unspecified atom stereocenters. The molecular weight excluding hydrogens is 505 g/mol. The largest absolute Gasteiger partial charge is 0.369 e. The summed E-state index contributed by atoms with van der Waals surface area (Å²) in [5, 5.41) is 10.4. The van der Waals surface area contributed by atoms with Gasteiger partial charge in [-0.2, -0.15) is 4.31 Å². The summed E-state index contributed by atoms with van der Waals surface area (Å²) in [7, 11) is -3.75. The summed E-state index contributed by atoms with van der Waals surface area (Å²) in [5.74, 6) is -1.12. The maximum Gasteiger partial charge on any atom is 0.233 e. The third-order valence-corrected chi connectivity index (χ3v) is 7.90. The number of hydrogen-bond acceptors (Lipinski definition) is 7. The quantitative estimate of drug-likeness (QED) is 0.301. The standard InChI is InChI=1S/C20H25BrFN5O4S/c1-15(20-23-11-17(22)12-24-20)10-19(27(29)14-28)13-32(30,31)26-8-6-25(7-9-26)18-4-2-16(21)3-5-18/h2-5,11-12,14-15,19,29H,6-10,13H2,1H3. The lowest BCUT2D eigenvalue weighted by Gasteiger charge is -2.36. The van der Waals surface area contributed by atoms with Crippen LogP contribution in [0.4, 0.5) is 10.1 Å². The summed E-state index contributed by atoms with van der Waals surface area (Å²) in [5.41, 5.74) is 1.01. The lowest BCUT2D eigenvalue weighted by molar-refractivity contribution is -0.159. The van der Waals surface area contributed by atoms with Crippen molar-refractivity contribution in [2.45, 2.75) is 25.3 Å². The molecule has 2 aromatic rings. The van der Waals surface area contributed by atoms with Gasteiger partial charge in [0.05, 0.1) is 24.2 Å². The van der Waals surface area contributed by atoms with Crippen molar-refractivity contribution in [3.05, 3.63) is 52.8 Å². The van der Waals surface area contributed by atoms with Gasteiger partial charge in [-0.15, -0.1) is 0 Å². The molecule has 1 saturated heterocycles. The van der Waals surface area contributed by atoms with Gasteiger partial charge in [-0.05, 0) is 30.7 Å². The number of piperazine rings is 1. The maximum absolute atomic E-state index is 13.1. The van der Waals surface area contributed by atoms with Crippen LogP contribution in [0.3, 0.4) is 0 Å². The van der Waals surface area contributed by atoms with E-state index in [1.54, 1.807) is 6.92 Å². The van der Waals surface area contributed by atoms with Gasteiger partial charge in [-0.25, -0.2) is 27.8 Å². The van der Waals surface area contributed by atoms with Gasteiger partial charge in [0, 0.05) is 42.3 Å². The normalized spacial score (nSPS) is 17.1. The molecule has 174 valence electrons. The molecule has 1 aliphatic rings. The van der Waals surface area contributed by atoms with Gasteiger partial charge in [0.1, 0.15) is 5.82 Å². The Morgan fingerprint density at radius 1 is 1.19 bits per heavy atom. The topological polar surface area (TPSA) is 107 Å². The minimum atomic E-state index is -3.75. The molecule has 9 nitrogen and oxygen atoms in total.